The van der Waals surface area contributed by atoms with Gasteiger partial charge in [0, 0.05) is 11.4 Å². The van der Waals surface area contributed by atoms with Crippen LogP contribution < -0.4 is 5.48 Å². The lowest BCUT2D eigenvalue weighted by atomic mass is 10.00. The first-order chi connectivity index (χ1) is 9.11. The zero-order chi connectivity index (χ0) is 13.8. The van der Waals surface area contributed by atoms with Crippen LogP contribution in [0.3, 0.4) is 0 Å². The summed E-state index contributed by atoms with van der Waals surface area (Å²) in [6.07, 6.45) is 5.70. The number of rotatable bonds is 3. The van der Waals surface area contributed by atoms with Gasteiger partial charge >= 0.3 is 0 Å². The highest BCUT2D eigenvalue weighted by Crippen LogP contribution is 2.21. The summed E-state index contributed by atoms with van der Waals surface area (Å²) in [6, 6.07) is 4.54. The molecule has 4 nitrogen and oxygen atoms in total. The number of hydrogen-bond acceptors (Lipinski definition) is 3. The Kier molecular flexibility index (Phi) is 4.69. The number of hydrogen-bond donors (Lipinski definition) is 2. The predicted molar refractivity (Wildman–Crippen MR) is 75.9 cm³/mol. The van der Waals surface area contributed by atoms with Gasteiger partial charge in [-0.25, -0.2) is 4.74 Å². The molecule has 0 unspecified atom stereocenters. The van der Waals surface area contributed by atoms with E-state index in [1.807, 2.05) is 6.08 Å². The minimum absolute atomic E-state index is 0.412. The van der Waals surface area contributed by atoms with Crippen molar-refractivity contribution in [1.82, 2.24) is 5.48 Å². The molecule has 0 aromatic heterocycles. The third-order valence-corrected chi connectivity index (χ3v) is 3.63. The van der Waals surface area contributed by atoms with Gasteiger partial charge in [0.15, 0.2) is 6.21 Å². The first-order valence-corrected chi connectivity index (χ1v) is 6.73. The molecule has 0 spiro atoms. The standard InChI is InChI=1S/C13H14Cl2N2O2/c14-10-6-5-9(11(15)7-10)8-17(19)13-4-2-1-3-12(13)16-18/h3,5-8,13,16,18H,1-2,4H2/b17-8-/t13-/m0/s1. The Balaban J connectivity index is 2.27. The maximum Gasteiger partial charge on any atom is 0.204 e. The molecule has 1 aromatic rings. The summed E-state index contributed by atoms with van der Waals surface area (Å²) in [5.41, 5.74) is 3.22. The van der Waals surface area contributed by atoms with Crippen LogP contribution in [0, 0.1) is 5.21 Å². The quantitative estimate of drug-likeness (QED) is 0.389. The van der Waals surface area contributed by atoms with Crippen LogP contribution in [0.15, 0.2) is 30.0 Å². The molecule has 0 saturated heterocycles. The van der Waals surface area contributed by atoms with Crippen molar-refractivity contribution >= 4 is 29.4 Å². The molecule has 6 heteroatoms. The molecule has 102 valence electrons. The van der Waals surface area contributed by atoms with Crippen molar-refractivity contribution < 1.29 is 9.95 Å². The Morgan fingerprint density at radius 3 is 2.89 bits per heavy atom. The van der Waals surface area contributed by atoms with E-state index < -0.39 is 6.04 Å². The van der Waals surface area contributed by atoms with Crippen molar-refractivity contribution in [3.63, 3.8) is 0 Å². The van der Waals surface area contributed by atoms with E-state index in [2.05, 4.69) is 5.48 Å². The van der Waals surface area contributed by atoms with Gasteiger partial charge in [-0.3, -0.25) is 10.7 Å². The number of hydroxylamine groups is 2. The van der Waals surface area contributed by atoms with E-state index in [-0.39, 0.29) is 0 Å². The van der Waals surface area contributed by atoms with E-state index in [4.69, 9.17) is 28.4 Å². The first-order valence-electron chi connectivity index (χ1n) is 5.97. The lowest BCUT2D eigenvalue weighted by Crippen LogP contribution is -2.33. The monoisotopic (exact) mass is 300 g/mol. The summed E-state index contributed by atoms with van der Waals surface area (Å²) in [6.45, 7) is 0. The summed E-state index contributed by atoms with van der Waals surface area (Å²) in [5, 5.41) is 22.1. The lowest BCUT2D eigenvalue weighted by Gasteiger charge is -2.22. The SMILES string of the molecule is [O-]/[N+](=C\c1ccc(Cl)cc1Cl)[C@H]1CCCC=C1NO. The van der Waals surface area contributed by atoms with Crippen LogP contribution in [0.4, 0.5) is 0 Å². The minimum Gasteiger partial charge on any atom is -0.623 e. The Labute approximate surface area is 121 Å². The topological polar surface area (TPSA) is 58.3 Å². The van der Waals surface area contributed by atoms with Gasteiger partial charge in [0.05, 0.1) is 10.6 Å². The summed E-state index contributed by atoms with van der Waals surface area (Å²) in [7, 11) is 0. The highest BCUT2D eigenvalue weighted by molar-refractivity contribution is 6.36. The Hall–Kier alpha value is -1.23. The Bertz CT molecular complexity index is 529. The van der Waals surface area contributed by atoms with Crippen molar-refractivity contribution in [3.05, 3.63) is 50.8 Å². The van der Waals surface area contributed by atoms with E-state index >= 15 is 0 Å². The second-order valence-electron chi connectivity index (χ2n) is 4.37. The van der Waals surface area contributed by atoms with E-state index in [9.17, 15) is 5.21 Å². The maximum absolute atomic E-state index is 12.2. The van der Waals surface area contributed by atoms with E-state index in [0.29, 0.717) is 27.7 Å². The zero-order valence-corrected chi connectivity index (χ0v) is 11.7. The summed E-state index contributed by atoms with van der Waals surface area (Å²) >= 11 is 11.8. The normalized spacial score (nSPS) is 20.1. The third kappa shape index (κ3) is 3.41. The number of halogens is 2. The number of nitrogens with zero attached hydrogens (tertiary/aromatic N) is 1. The highest BCUT2D eigenvalue weighted by atomic mass is 35.5. The van der Waals surface area contributed by atoms with Gasteiger partial charge in [-0.05, 0) is 31.0 Å². The van der Waals surface area contributed by atoms with Gasteiger partial charge in [-0.15, -0.1) is 0 Å². The van der Waals surface area contributed by atoms with Gasteiger partial charge < -0.3 is 5.21 Å². The van der Waals surface area contributed by atoms with Crippen LogP contribution in [0.25, 0.3) is 0 Å². The van der Waals surface area contributed by atoms with Crippen molar-refractivity contribution in [2.24, 2.45) is 0 Å². The molecule has 0 amide bonds. The van der Waals surface area contributed by atoms with E-state index in [1.165, 1.54) is 6.21 Å². The molecule has 2 rings (SSSR count). The first kappa shape index (κ1) is 14.2. The predicted octanol–water partition coefficient (Wildman–Crippen LogP) is 3.34. The Morgan fingerprint density at radius 2 is 2.21 bits per heavy atom. The van der Waals surface area contributed by atoms with Crippen molar-refractivity contribution in [1.29, 1.82) is 0 Å². The number of benzene rings is 1. The van der Waals surface area contributed by atoms with Crippen LogP contribution in [-0.2, 0) is 0 Å². The number of nitrogens with one attached hydrogen (secondary N) is 1. The van der Waals surface area contributed by atoms with Gasteiger partial charge in [-0.2, -0.15) is 0 Å². The molecule has 0 fully saturated rings. The largest absolute Gasteiger partial charge is 0.623 e. The smallest absolute Gasteiger partial charge is 0.204 e. The van der Waals surface area contributed by atoms with Crippen LogP contribution in [0.2, 0.25) is 10.0 Å². The average Bonchev–Trinajstić information content (AvgIpc) is 2.41. The molecule has 0 saturated carbocycles. The molecular weight excluding hydrogens is 287 g/mol. The molecule has 0 heterocycles. The van der Waals surface area contributed by atoms with Crippen LogP contribution >= 0.6 is 23.2 Å². The highest BCUT2D eigenvalue weighted by Gasteiger charge is 2.24. The zero-order valence-electron chi connectivity index (χ0n) is 10.1. The third-order valence-electron chi connectivity index (χ3n) is 3.07. The number of allylic oxidation sites excluding steroid dienone is 1. The van der Waals surface area contributed by atoms with Gasteiger partial charge in [-0.1, -0.05) is 29.3 Å². The molecule has 1 aliphatic rings. The van der Waals surface area contributed by atoms with Crippen LogP contribution in [-0.4, -0.2) is 22.2 Å². The molecule has 1 atom stereocenters. The second kappa shape index (κ2) is 6.28. The fourth-order valence-corrected chi connectivity index (χ4v) is 2.54. The molecule has 2 N–H and O–H groups in total. The van der Waals surface area contributed by atoms with Gasteiger partial charge in [0.2, 0.25) is 6.04 Å². The summed E-state index contributed by atoms with van der Waals surface area (Å²) in [5.74, 6) is 0. The second-order valence-corrected chi connectivity index (χ2v) is 5.22. The molecule has 0 aliphatic heterocycles. The molecule has 19 heavy (non-hydrogen) atoms. The van der Waals surface area contributed by atoms with Gasteiger partial charge in [0.1, 0.15) is 5.70 Å². The van der Waals surface area contributed by atoms with Crippen molar-refractivity contribution in [2.75, 3.05) is 0 Å². The lowest BCUT2D eigenvalue weighted by molar-refractivity contribution is -0.489. The summed E-state index contributed by atoms with van der Waals surface area (Å²) < 4.78 is 0.809. The maximum atomic E-state index is 12.2. The molecule has 1 aliphatic carbocycles. The molecular formula is C13H14Cl2N2O2. The summed E-state index contributed by atoms with van der Waals surface area (Å²) in [4.78, 5) is 0. The van der Waals surface area contributed by atoms with Gasteiger partial charge in [0.25, 0.3) is 0 Å². The van der Waals surface area contributed by atoms with Crippen LogP contribution in [0.5, 0.6) is 0 Å². The Morgan fingerprint density at radius 1 is 1.42 bits per heavy atom. The van der Waals surface area contributed by atoms with E-state index in [0.717, 1.165) is 17.6 Å². The van der Waals surface area contributed by atoms with Crippen LogP contribution in [0.1, 0.15) is 24.8 Å². The van der Waals surface area contributed by atoms with Crippen molar-refractivity contribution in [2.45, 2.75) is 25.3 Å². The molecule has 0 radical (unpaired) electrons. The molecule has 0 bridgehead atoms. The van der Waals surface area contributed by atoms with E-state index in [1.54, 1.807) is 18.2 Å². The average molecular weight is 301 g/mol. The fraction of sp³-hybridized carbons (Fsp3) is 0.308. The minimum atomic E-state index is -0.412. The molecule has 1 aromatic carbocycles. The fourth-order valence-electron chi connectivity index (χ4n) is 2.08. The van der Waals surface area contributed by atoms with Crippen molar-refractivity contribution in [3.8, 4) is 0 Å².